The van der Waals surface area contributed by atoms with Crippen LogP contribution in [-0.4, -0.2) is 30.9 Å². The number of nitrogens with one attached hydrogen (secondary N) is 1. The lowest BCUT2D eigenvalue weighted by Crippen LogP contribution is -2.28. The molecule has 0 aliphatic heterocycles. The van der Waals surface area contributed by atoms with Crippen molar-refractivity contribution < 1.29 is 4.74 Å². The van der Waals surface area contributed by atoms with Gasteiger partial charge in [-0.15, -0.1) is 0 Å². The molecule has 4 heteroatoms. The van der Waals surface area contributed by atoms with Crippen LogP contribution in [0.2, 0.25) is 0 Å². The molecule has 0 bridgehead atoms. The fraction of sp³-hybridized carbons (Fsp3) is 0.545. The minimum Gasteiger partial charge on any atom is -0.380 e. The van der Waals surface area contributed by atoms with E-state index >= 15 is 0 Å². The maximum atomic E-state index is 11.3. The Hall–Kier alpha value is -1.13. The van der Waals surface area contributed by atoms with Crippen LogP contribution in [0.3, 0.4) is 0 Å². The molecular formula is C11H18N2O2. The summed E-state index contributed by atoms with van der Waals surface area (Å²) >= 11 is 0. The molecule has 0 spiro atoms. The van der Waals surface area contributed by atoms with E-state index in [-0.39, 0.29) is 5.56 Å². The van der Waals surface area contributed by atoms with Crippen molar-refractivity contribution in [3.63, 3.8) is 0 Å². The minimum atomic E-state index is 0.0455. The van der Waals surface area contributed by atoms with Gasteiger partial charge in [-0.2, -0.15) is 0 Å². The largest absolute Gasteiger partial charge is 0.380 e. The van der Waals surface area contributed by atoms with Crippen molar-refractivity contribution in [2.24, 2.45) is 0 Å². The Morgan fingerprint density at radius 1 is 1.40 bits per heavy atom. The third kappa shape index (κ3) is 4.76. The highest BCUT2D eigenvalue weighted by molar-refractivity contribution is 4.93. The highest BCUT2D eigenvalue weighted by atomic mass is 16.5. The molecule has 4 nitrogen and oxygen atoms in total. The quantitative estimate of drug-likeness (QED) is 0.665. The Kier molecular flexibility index (Phi) is 5.73. The number of aromatic nitrogens is 1. The zero-order chi connectivity index (χ0) is 10.9. The Morgan fingerprint density at radius 2 is 2.27 bits per heavy atom. The lowest BCUT2D eigenvalue weighted by atomic mass is 10.4. The number of hydrogen-bond donors (Lipinski definition) is 1. The van der Waals surface area contributed by atoms with Crippen molar-refractivity contribution in [1.29, 1.82) is 0 Å². The van der Waals surface area contributed by atoms with Crippen molar-refractivity contribution in [1.82, 2.24) is 9.88 Å². The average Bonchev–Trinajstić information content (AvgIpc) is 2.25. The molecule has 0 atom stereocenters. The number of nitrogens with zero attached hydrogens (tertiary/aromatic N) is 1. The topological polar surface area (TPSA) is 43.3 Å². The van der Waals surface area contributed by atoms with Gasteiger partial charge in [0.1, 0.15) is 0 Å². The molecule has 0 radical (unpaired) electrons. The van der Waals surface area contributed by atoms with Crippen LogP contribution in [0.15, 0.2) is 29.2 Å². The summed E-state index contributed by atoms with van der Waals surface area (Å²) in [5.74, 6) is 0. The van der Waals surface area contributed by atoms with Gasteiger partial charge in [-0.25, -0.2) is 0 Å². The lowest BCUT2D eigenvalue weighted by molar-refractivity contribution is 0.149. The molecule has 1 heterocycles. The van der Waals surface area contributed by atoms with Gasteiger partial charge in [0.25, 0.3) is 5.56 Å². The van der Waals surface area contributed by atoms with E-state index in [2.05, 4.69) is 5.32 Å². The molecule has 0 saturated carbocycles. The summed E-state index contributed by atoms with van der Waals surface area (Å²) in [7, 11) is 0. The molecule has 0 saturated heterocycles. The van der Waals surface area contributed by atoms with E-state index in [4.69, 9.17) is 4.74 Å². The number of hydrogen-bond acceptors (Lipinski definition) is 3. The molecule has 0 aliphatic rings. The molecule has 0 aliphatic carbocycles. The maximum Gasteiger partial charge on any atom is 0.250 e. The van der Waals surface area contributed by atoms with Gasteiger partial charge in [0.05, 0.1) is 6.61 Å². The van der Waals surface area contributed by atoms with Crippen molar-refractivity contribution in [2.75, 3.05) is 26.3 Å². The van der Waals surface area contributed by atoms with Crippen LogP contribution < -0.4 is 10.9 Å². The zero-order valence-corrected chi connectivity index (χ0v) is 9.11. The zero-order valence-electron chi connectivity index (χ0n) is 9.11. The molecular weight excluding hydrogens is 192 g/mol. The molecule has 1 aromatic rings. The molecule has 1 aromatic heterocycles. The van der Waals surface area contributed by atoms with Crippen LogP contribution in [0.5, 0.6) is 0 Å². The minimum absolute atomic E-state index is 0.0455. The second-order valence-corrected chi connectivity index (χ2v) is 3.18. The van der Waals surface area contributed by atoms with E-state index < -0.39 is 0 Å². The van der Waals surface area contributed by atoms with Crippen molar-refractivity contribution >= 4 is 0 Å². The molecule has 15 heavy (non-hydrogen) atoms. The summed E-state index contributed by atoms with van der Waals surface area (Å²) in [5, 5.41) is 3.21. The first kappa shape index (κ1) is 11.9. The van der Waals surface area contributed by atoms with Crippen LogP contribution >= 0.6 is 0 Å². The Bertz CT molecular complexity index is 322. The van der Waals surface area contributed by atoms with E-state index in [1.54, 1.807) is 22.9 Å². The summed E-state index contributed by atoms with van der Waals surface area (Å²) < 4.78 is 6.87. The van der Waals surface area contributed by atoms with Gasteiger partial charge < -0.3 is 14.6 Å². The lowest BCUT2D eigenvalue weighted by Gasteiger charge is -2.06. The van der Waals surface area contributed by atoms with Crippen molar-refractivity contribution in [3.8, 4) is 0 Å². The molecule has 0 aromatic carbocycles. The van der Waals surface area contributed by atoms with Gasteiger partial charge in [-0.3, -0.25) is 4.79 Å². The highest BCUT2D eigenvalue weighted by Gasteiger charge is 1.92. The van der Waals surface area contributed by atoms with E-state index in [1.807, 2.05) is 13.0 Å². The predicted molar refractivity (Wildman–Crippen MR) is 60.1 cm³/mol. The number of ether oxygens (including phenoxy) is 1. The normalized spacial score (nSPS) is 10.5. The molecule has 1 rings (SSSR count). The van der Waals surface area contributed by atoms with Crippen LogP contribution in [-0.2, 0) is 11.3 Å². The fourth-order valence-corrected chi connectivity index (χ4v) is 1.26. The Morgan fingerprint density at radius 3 is 3.00 bits per heavy atom. The first-order valence-electron chi connectivity index (χ1n) is 5.28. The molecule has 0 fully saturated rings. The smallest absolute Gasteiger partial charge is 0.250 e. The van der Waals surface area contributed by atoms with E-state index in [0.29, 0.717) is 6.54 Å². The van der Waals surface area contributed by atoms with Gasteiger partial charge >= 0.3 is 0 Å². The van der Waals surface area contributed by atoms with Crippen molar-refractivity contribution in [3.05, 3.63) is 34.7 Å². The second-order valence-electron chi connectivity index (χ2n) is 3.18. The highest BCUT2D eigenvalue weighted by Crippen LogP contribution is 1.80. The predicted octanol–water partition coefficient (Wildman–Crippen LogP) is 0.474. The van der Waals surface area contributed by atoms with Crippen LogP contribution in [0.1, 0.15) is 6.92 Å². The van der Waals surface area contributed by atoms with Gasteiger partial charge in [0.2, 0.25) is 0 Å². The third-order valence-corrected chi connectivity index (χ3v) is 2.06. The fourth-order valence-electron chi connectivity index (χ4n) is 1.26. The summed E-state index contributed by atoms with van der Waals surface area (Å²) in [5.41, 5.74) is 0.0455. The SMILES string of the molecule is CCOCCNCCn1ccccc1=O. The monoisotopic (exact) mass is 210 g/mol. The van der Waals surface area contributed by atoms with Gasteiger partial charge in [0.15, 0.2) is 0 Å². The summed E-state index contributed by atoms with van der Waals surface area (Å²) in [6.07, 6.45) is 1.80. The molecule has 0 amide bonds. The van der Waals surface area contributed by atoms with Gasteiger partial charge in [-0.1, -0.05) is 6.07 Å². The first-order valence-corrected chi connectivity index (χ1v) is 5.28. The van der Waals surface area contributed by atoms with Crippen molar-refractivity contribution in [2.45, 2.75) is 13.5 Å². The standard InChI is InChI=1S/C11H18N2O2/c1-2-15-10-7-12-6-9-13-8-4-3-5-11(13)14/h3-5,8,12H,2,6-7,9-10H2,1H3. The molecule has 0 unspecified atom stereocenters. The average molecular weight is 210 g/mol. The van der Waals surface area contributed by atoms with Gasteiger partial charge in [0, 0.05) is 38.5 Å². The van der Waals surface area contributed by atoms with Crippen LogP contribution in [0.25, 0.3) is 0 Å². The molecule has 1 N–H and O–H groups in total. The van der Waals surface area contributed by atoms with Gasteiger partial charge in [-0.05, 0) is 13.0 Å². The van der Waals surface area contributed by atoms with Crippen LogP contribution in [0, 0.1) is 0 Å². The summed E-state index contributed by atoms with van der Waals surface area (Å²) in [6.45, 7) is 5.77. The Balaban J connectivity index is 2.15. The summed E-state index contributed by atoms with van der Waals surface area (Å²) in [4.78, 5) is 11.3. The maximum absolute atomic E-state index is 11.3. The number of rotatable bonds is 7. The molecule has 84 valence electrons. The third-order valence-electron chi connectivity index (χ3n) is 2.06. The van der Waals surface area contributed by atoms with Crippen LogP contribution in [0.4, 0.5) is 0 Å². The summed E-state index contributed by atoms with van der Waals surface area (Å²) in [6, 6.07) is 5.18. The Labute approximate surface area is 89.9 Å². The van der Waals surface area contributed by atoms with E-state index in [0.717, 1.165) is 26.3 Å². The number of pyridine rings is 1. The second kappa shape index (κ2) is 7.20. The van der Waals surface area contributed by atoms with E-state index in [1.165, 1.54) is 0 Å². The first-order chi connectivity index (χ1) is 7.34. The van der Waals surface area contributed by atoms with E-state index in [9.17, 15) is 4.79 Å².